The first kappa shape index (κ1) is 26.6. The van der Waals surface area contributed by atoms with E-state index in [1.165, 1.54) is 0 Å². The third-order valence-electron chi connectivity index (χ3n) is 5.69. The van der Waals surface area contributed by atoms with E-state index >= 15 is 0 Å². The van der Waals surface area contributed by atoms with E-state index in [0.717, 1.165) is 24.3 Å². The molecule has 0 aromatic heterocycles. The third kappa shape index (κ3) is 6.99. The molecule has 0 saturated heterocycles. The summed E-state index contributed by atoms with van der Waals surface area (Å²) < 4.78 is 5.58. The number of hydrogen-bond acceptors (Lipinski definition) is 5. The summed E-state index contributed by atoms with van der Waals surface area (Å²) in [5.41, 5.74) is 14.8. The summed E-state index contributed by atoms with van der Waals surface area (Å²) in [5.74, 6) is 0.244. The monoisotopic (exact) mass is 489 g/mol. The maximum atomic E-state index is 14.1. The van der Waals surface area contributed by atoms with Gasteiger partial charge in [-0.25, -0.2) is 4.79 Å². The van der Waals surface area contributed by atoms with Crippen LogP contribution in [0.5, 0.6) is 5.75 Å². The minimum Gasteiger partial charge on any atom is -0.494 e. The normalized spacial score (nSPS) is 10.8. The van der Waals surface area contributed by atoms with E-state index in [1.54, 1.807) is 28.0 Å². The molecule has 0 atom stereocenters. The van der Waals surface area contributed by atoms with E-state index in [0.29, 0.717) is 42.3 Å². The number of para-hydroxylation sites is 2. The molecular weight excluding hydrogens is 454 g/mol. The Bertz CT molecular complexity index is 1150. The summed E-state index contributed by atoms with van der Waals surface area (Å²) in [6.45, 7) is 4.22. The van der Waals surface area contributed by atoms with E-state index in [9.17, 15) is 9.59 Å². The van der Waals surface area contributed by atoms with Crippen LogP contribution in [0.1, 0.15) is 29.3 Å². The molecule has 0 saturated carbocycles. The zero-order chi connectivity index (χ0) is 26.1. The predicted octanol–water partition coefficient (Wildman–Crippen LogP) is 4.48. The van der Waals surface area contributed by atoms with Gasteiger partial charge in [0.1, 0.15) is 5.75 Å². The highest BCUT2D eigenvalue weighted by Crippen LogP contribution is 2.33. The number of urea groups is 1. The topological polar surface area (TPSA) is 105 Å². The van der Waals surface area contributed by atoms with Crippen LogP contribution in [0, 0.1) is 0 Å². The molecule has 4 N–H and O–H groups in total. The zero-order valence-electron chi connectivity index (χ0n) is 21.2. The maximum absolute atomic E-state index is 14.1. The molecular formula is C28H35N5O3. The van der Waals surface area contributed by atoms with E-state index in [1.807, 2.05) is 75.6 Å². The van der Waals surface area contributed by atoms with Gasteiger partial charge in [0.2, 0.25) is 5.91 Å². The van der Waals surface area contributed by atoms with E-state index in [2.05, 4.69) is 4.90 Å². The third-order valence-corrected chi connectivity index (χ3v) is 5.69. The Kier molecular flexibility index (Phi) is 9.30. The Morgan fingerprint density at radius 2 is 1.56 bits per heavy atom. The SMILES string of the molecule is CCOc1ccc(N(C(=O)N(CCCN(C)C)Cc2ccc(C(N)=O)cc2)c2ccccc2N)cc1. The van der Waals surface area contributed by atoms with Crippen molar-refractivity contribution < 1.29 is 14.3 Å². The molecule has 0 bridgehead atoms. The van der Waals surface area contributed by atoms with Gasteiger partial charge in [0.15, 0.2) is 0 Å². The fourth-order valence-electron chi connectivity index (χ4n) is 3.86. The van der Waals surface area contributed by atoms with Crippen LogP contribution in [0.3, 0.4) is 0 Å². The van der Waals surface area contributed by atoms with E-state index in [-0.39, 0.29) is 6.03 Å². The standard InChI is InChI=1S/C28H35N5O3/c1-4-36-24-16-14-23(15-17-24)33(26-9-6-5-8-25(26)29)28(35)32(19-7-18-31(2)3)20-21-10-12-22(13-11-21)27(30)34/h5-6,8-17H,4,7,18-20,29H2,1-3H3,(H2,30,34). The molecule has 3 aromatic rings. The highest BCUT2D eigenvalue weighted by Gasteiger charge is 2.26. The minimum absolute atomic E-state index is 0.199. The second-order valence-corrected chi connectivity index (χ2v) is 8.74. The molecule has 3 rings (SSSR count). The van der Waals surface area contributed by atoms with Gasteiger partial charge in [0.25, 0.3) is 0 Å². The van der Waals surface area contributed by atoms with Crippen LogP contribution in [0.25, 0.3) is 0 Å². The summed E-state index contributed by atoms with van der Waals surface area (Å²) in [6, 6.07) is 21.5. The molecule has 8 heteroatoms. The molecule has 0 fully saturated rings. The van der Waals surface area contributed by atoms with Gasteiger partial charge in [-0.1, -0.05) is 24.3 Å². The van der Waals surface area contributed by atoms with Gasteiger partial charge in [-0.05, 0) is 88.1 Å². The Morgan fingerprint density at radius 1 is 0.889 bits per heavy atom. The summed E-state index contributed by atoms with van der Waals surface area (Å²) >= 11 is 0. The second-order valence-electron chi connectivity index (χ2n) is 8.74. The number of amides is 3. The number of nitrogen functional groups attached to an aromatic ring is 1. The first-order valence-corrected chi connectivity index (χ1v) is 12.0. The highest BCUT2D eigenvalue weighted by molar-refractivity contribution is 6.02. The van der Waals surface area contributed by atoms with Gasteiger partial charge in [-0.3, -0.25) is 9.69 Å². The molecule has 0 aliphatic rings. The van der Waals surface area contributed by atoms with Crippen molar-refractivity contribution in [3.8, 4) is 5.75 Å². The fourth-order valence-corrected chi connectivity index (χ4v) is 3.86. The number of primary amides is 1. The molecule has 0 aliphatic carbocycles. The molecule has 0 aliphatic heterocycles. The van der Waals surface area contributed by atoms with Crippen LogP contribution in [-0.2, 0) is 6.54 Å². The van der Waals surface area contributed by atoms with Crippen molar-refractivity contribution in [1.82, 2.24) is 9.80 Å². The molecule has 0 radical (unpaired) electrons. The summed E-state index contributed by atoms with van der Waals surface area (Å²) in [7, 11) is 4.01. The number of anilines is 3. The van der Waals surface area contributed by atoms with Crippen molar-refractivity contribution in [2.24, 2.45) is 5.73 Å². The number of carbonyl (C=O) groups excluding carboxylic acids is 2. The van der Waals surface area contributed by atoms with Crippen molar-refractivity contribution in [2.45, 2.75) is 19.9 Å². The van der Waals surface area contributed by atoms with Crippen LogP contribution >= 0.6 is 0 Å². The number of rotatable bonds is 11. The van der Waals surface area contributed by atoms with Crippen LogP contribution in [0.4, 0.5) is 21.9 Å². The van der Waals surface area contributed by atoms with E-state index < -0.39 is 5.91 Å². The highest BCUT2D eigenvalue weighted by atomic mass is 16.5. The second kappa shape index (κ2) is 12.6. The average molecular weight is 490 g/mol. The number of carbonyl (C=O) groups is 2. The maximum Gasteiger partial charge on any atom is 0.329 e. The van der Waals surface area contributed by atoms with Crippen molar-refractivity contribution >= 4 is 29.0 Å². The molecule has 36 heavy (non-hydrogen) atoms. The Balaban J connectivity index is 1.97. The van der Waals surface area contributed by atoms with Gasteiger partial charge in [0, 0.05) is 18.7 Å². The lowest BCUT2D eigenvalue weighted by atomic mass is 10.1. The van der Waals surface area contributed by atoms with Crippen molar-refractivity contribution in [2.75, 3.05) is 44.4 Å². The van der Waals surface area contributed by atoms with Crippen molar-refractivity contribution in [1.29, 1.82) is 0 Å². The number of benzene rings is 3. The lowest BCUT2D eigenvalue weighted by Crippen LogP contribution is -2.42. The summed E-state index contributed by atoms with van der Waals surface area (Å²) in [6.07, 6.45) is 0.791. The first-order chi connectivity index (χ1) is 17.3. The lowest BCUT2D eigenvalue weighted by molar-refractivity contribution is 0.1000. The smallest absolute Gasteiger partial charge is 0.329 e. The van der Waals surface area contributed by atoms with Gasteiger partial charge in [0.05, 0.1) is 23.7 Å². The Labute approximate surface area is 213 Å². The lowest BCUT2D eigenvalue weighted by Gasteiger charge is -2.32. The average Bonchev–Trinajstić information content (AvgIpc) is 2.86. The first-order valence-electron chi connectivity index (χ1n) is 12.0. The quantitative estimate of drug-likeness (QED) is 0.387. The molecule has 190 valence electrons. The fraction of sp³-hybridized carbons (Fsp3) is 0.286. The Hall–Kier alpha value is -4.04. The largest absolute Gasteiger partial charge is 0.494 e. The van der Waals surface area contributed by atoms with Gasteiger partial charge in [-0.15, -0.1) is 0 Å². The van der Waals surface area contributed by atoms with E-state index in [4.69, 9.17) is 16.2 Å². The van der Waals surface area contributed by atoms with Crippen LogP contribution in [-0.4, -0.2) is 55.5 Å². The van der Waals surface area contributed by atoms with Crippen LogP contribution < -0.4 is 21.1 Å². The molecule has 0 heterocycles. The number of nitrogens with zero attached hydrogens (tertiary/aromatic N) is 3. The van der Waals surface area contributed by atoms with Gasteiger partial charge >= 0.3 is 6.03 Å². The number of hydrogen-bond donors (Lipinski definition) is 2. The summed E-state index contributed by atoms with van der Waals surface area (Å²) in [5, 5.41) is 0. The molecule has 0 spiro atoms. The molecule has 3 amide bonds. The minimum atomic E-state index is -0.485. The summed E-state index contributed by atoms with van der Waals surface area (Å²) in [4.78, 5) is 31.1. The molecule has 8 nitrogen and oxygen atoms in total. The Morgan fingerprint density at radius 3 is 2.14 bits per heavy atom. The number of nitrogens with two attached hydrogens (primary N) is 2. The number of ether oxygens (including phenoxy) is 1. The van der Waals surface area contributed by atoms with Crippen molar-refractivity contribution in [3.63, 3.8) is 0 Å². The van der Waals surface area contributed by atoms with Gasteiger partial charge < -0.3 is 26.0 Å². The van der Waals surface area contributed by atoms with Gasteiger partial charge in [-0.2, -0.15) is 0 Å². The molecule has 0 unspecified atom stereocenters. The van der Waals surface area contributed by atoms with Crippen LogP contribution in [0.2, 0.25) is 0 Å². The molecule has 3 aromatic carbocycles. The van der Waals surface area contributed by atoms with Crippen LogP contribution in [0.15, 0.2) is 72.8 Å². The van der Waals surface area contributed by atoms with Crippen molar-refractivity contribution in [3.05, 3.63) is 83.9 Å². The zero-order valence-corrected chi connectivity index (χ0v) is 21.2. The predicted molar refractivity (Wildman–Crippen MR) is 145 cm³/mol.